The second kappa shape index (κ2) is 5.87. The van der Waals surface area contributed by atoms with Gasteiger partial charge in [0.2, 0.25) is 0 Å². The Kier molecular flexibility index (Phi) is 3.92. The van der Waals surface area contributed by atoms with Gasteiger partial charge in [-0.05, 0) is 30.3 Å². The van der Waals surface area contributed by atoms with E-state index in [0.29, 0.717) is 32.5 Å². The van der Waals surface area contributed by atoms with Crippen molar-refractivity contribution in [1.82, 2.24) is 0 Å². The highest BCUT2D eigenvalue weighted by atomic mass is 35.5. The number of carbonyl (C=O) groups excluding carboxylic acids is 2. The van der Waals surface area contributed by atoms with E-state index in [1.54, 1.807) is 36.4 Å². The molecule has 22 heavy (non-hydrogen) atoms. The summed E-state index contributed by atoms with van der Waals surface area (Å²) in [5.74, 6) is -0.386. The number of urea groups is 1. The molecule has 0 spiro atoms. The number of carbonyl (C=O) groups is 2. The molecule has 0 unspecified atom stereocenters. The normalized spacial score (nSPS) is 12.5. The third kappa shape index (κ3) is 2.86. The average Bonchev–Trinajstić information content (AvgIpc) is 2.86. The zero-order valence-corrected chi connectivity index (χ0v) is 12.7. The summed E-state index contributed by atoms with van der Waals surface area (Å²) < 4.78 is 4.95. The Morgan fingerprint density at radius 2 is 1.91 bits per heavy atom. The molecular formula is C15H10Cl2N2O3. The van der Waals surface area contributed by atoms with Crippen LogP contribution in [0.15, 0.2) is 36.4 Å². The molecule has 0 fully saturated rings. The zero-order chi connectivity index (χ0) is 15.7. The molecule has 2 amide bonds. The molecule has 2 aromatic carbocycles. The van der Waals surface area contributed by atoms with Gasteiger partial charge < -0.3 is 15.4 Å². The first-order valence-electron chi connectivity index (χ1n) is 6.36. The fourth-order valence-corrected chi connectivity index (χ4v) is 2.42. The summed E-state index contributed by atoms with van der Waals surface area (Å²) in [6, 6.07) is 9.36. The van der Waals surface area contributed by atoms with Gasteiger partial charge in [0.05, 0.1) is 15.6 Å². The van der Waals surface area contributed by atoms with E-state index in [1.807, 2.05) is 0 Å². The maximum absolute atomic E-state index is 12.0. The molecule has 0 saturated heterocycles. The third-order valence-corrected chi connectivity index (χ3v) is 3.91. The van der Waals surface area contributed by atoms with Crippen LogP contribution in [0.1, 0.15) is 15.9 Å². The lowest BCUT2D eigenvalue weighted by Gasteiger charge is -2.10. The lowest BCUT2D eigenvalue weighted by molar-refractivity contribution is 0.0535. The Labute approximate surface area is 136 Å². The lowest BCUT2D eigenvalue weighted by Crippen LogP contribution is -2.20. The fraction of sp³-hybridized carbons (Fsp3) is 0.0667. The molecule has 0 atom stereocenters. The van der Waals surface area contributed by atoms with Crippen molar-refractivity contribution in [2.45, 2.75) is 6.61 Å². The Balaban J connectivity index is 1.75. The van der Waals surface area contributed by atoms with Gasteiger partial charge in [-0.15, -0.1) is 0 Å². The molecule has 1 heterocycles. The van der Waals surface area contributed by atoms with Gasteiger partial charge in [-0.3, -0.25) is 0 Å². The number of esters is 1. The predicted octanol–water partition coefficient (Wildman–Crippen LogP) is 4.31. The number of nitrogens with one attached hydrogen (secondary N) is 2. The van der Waals surface area contributed by atoms with E-state index >= 15 is 0 Å². The summed E-state index contributed by atoms with van der Waals surface area (Å²) in [5, 5.41) is 6.08. The fourth-order valence-electron chi connectivity index (χ4n) is 2.12. The van der Waals surface area contributed by atoms with E-state index in [-0.39, 0.29) is 12.6 Å². The summed E-state index contributed by atoms with van der Waals surface area (Å²) in [6.07, 6.45) is 0. The molecule has 112 valence electrons. The highest BCUT2D eigenvalue weighted by molar-refractivity contribution is 6.42. The van der Waals surface area contributed by atoms with Crippen molar-refractivity contribution in [2.75, 3.05) is 10.6 Å². The summed E-state index contributed by atoms with van der Waals surface area (Å²) >= 11 is 11.7. The van der Waals surface area contributed by atoms with E-state index in [1.165, 1.54) is 0 Å². The Morgan fingerprint density at radius 1 is 1.09 bits per heavy atom. The number of amides is 2. The number of hydrogen-bond acceptors (Lipinski definition) is 3. The molecule has 0 saturated carbocycles. The van der Waals surface area contributed by atoms with Crippen molar-refractivity contribution in [3.63, 3.8) is 0 Å². The van der Waals surface area contributed by atoms with Gasteiger partial charge in [-0.25, -0.2) is 9.59 Å². The van der Waals surface area contributed by atoms with Crippen molar-refractivity contribution in [3.05, 3.63) is 57.6 Å². The van der Waals surface area contributed by atoms with Crippen molar-refractivity contribution in [2.24, 2.45) is 0 Å². The minimum Gasteiger partial charge on any atom is -0.457 e. The lowest BCUT2D eigenvalue weighted by atomic mass is 10.1. The highest BCUT2D eigenvalue weighted by Gasteiger charge is 2.24. The molecule has 1 aliphatic rings. The van der Waals surface area contributed by atoms with Crippen LogP contribution < -0.4 is 10.6 Å². The Bertz CT molecular complexity index is 777. The van der Waals surface area contributed by atoms with E-state index < -0.39 is 6.03 Å². The zero-order valence-electron chi connectivity index (χ0n) is 11.2. The van der Waals surface area contributed by atoms with Crippen LogP contribution in [-0.2, 0) is 11.3 Å². The van der Waals surface area contributed by atoms with Gasteiger partial charge in [0.1, 0.15) is 6.61 Å². The largest absolute Gasteiger partial charge is 0.457 e. The molecule has 0 bridgehead atoms. The molecule has 0 radical (unpaired) electrons. The summed E-state index contributed by atoms with van der Waals surface area (Å²) in [6.45, 7) is 0.150. The van der Waals surface area contributed by atoms with Crippen molar-refractivity contribution in [1.29, 1.82) is 0 Å². The van der Waals surface area contributed by atoms with E-state index in [0.717, 1.165) is 0 Å². The van der Waals surface area contributed by atoms with E-state index in [2.05, 4.69) is 10.6 Å². The van der Waals surface area contributed by atoms with E-state index in [4.69, 9.17) is 27.9 Å². The minimum absolute atomic E-state index is 0.150. The SMILES string of the molecule is O=C(Nc1ccc(Cl)c(Cl)c1)Nc1cccc2c1COC2=O. The first-order valence-corrected chi connectivity index (χ1v) is 7.12. The standard InChI is InChI=1S/C15H10Cl2N2O3/c16-11-5-4-8(6-12(11)17)18-15(21)19-13-3-1-2-9-10(13)7-22-14(9)20/h1-6H,7H2,(H2,18,19,21). The van der Waals surface area contributed by atoms with Gasteiger partial charge in [-0.2, -0.15) is 0 Å². The van der Waals surface area contributed by atoms with Crippen molar-refractivity contribution >= 4 is 46.6 Å². The van der Waals surface area contributed by atoms with Gasteiger partial charge in [0.25, 0.3) is 0 Å². The van der Waals surface area contributed by atoms with Crippen molar-refractivity contribution in [3.8, 4) is 0 Å². The molecule has 0 aliphatic carbocycles. The van der Waals surface area contributed by atoms with Crippen LogP contribution in [0.25, 0.3) is 0 Å². The quantitative estimate of drug-likeness (QED) is 0.803. The molecule has 2 N–H and O–H groups in total. The van der Waals surface area contributed by atoms with Gasteiger partial charge in [0, 0.05) is 16.9 Å². The minimum atomic E-state index is -0.453. The average molecular weight is 337 g/mol. The van der Waals surface area contributed by atoms with Crippen LogP contribution >= 0.6 is 23.2 Å². The number of halogens is 2. The third-order valence-electron chi connectivity index (χ3n) is 3.17. The summed E-state index contributed by atoms with van der Waals surface area (Å²) in [5.41, 5.74) is 2.16. The Morgan fingerprint density at radius 3 is 2.68 bits per heavy atom. The van der Waals surface area contributed by atoms with E-state index in [9.17, 15) is 9.59 Å². The first-order chi connectivity index (χ1) is 10.5. The maximum atomic E-state index is 12.0. The second-order valence-electron chi connectivity index (χ2n) is 4.62. The number of fused-ring (bicyclic) bond motifs is 1. The monoisotopic (exact) mass is 336 g/mol. The number of benzene rings is 2. The summed E-state index contributed by atoms with van der Waals surface area (Å²) in [7, 11) is 0. The first kappa shape index (κ1) is 14.7. The molecule has 5 nitrogen and oxygen atoms in total. The molecule has 7 heteroatoms. The van der Waals surface area contributed by atoms with Gasteiger partial charge in [-0.1, -0.05) is 29.3 Å². The summed E-state index contributed by atoms with van der Waals surface area (Å²) in [4.78, 5) is 23.5. The maximum Gasteiger partial charge on any atom is 0.338 e. The number of cyclic esters (lactones) is 1. The van der Waals surface area contributed by atoms with Gasteiger partial charge in [0.15, 0.2) is 0 Å². The predicted molar refractivity (Wildman–Crippen MR) is 84.7 cm³/mol. The number of hydrogen-bond donors (Lipinski definition) is 2. The molecule has 1 aliphatic heterocycles. The molecule has 2 aromatic rings. The van der Waals surface area contributed by atoms with Crippen LogP contribution in [0.5, 0.6) is 0 Å². The van der Waals surface area contributed by atoms with Crippen LogP contribution in [-0.4, -0.2) is 12.0 Å². The smallest absolute Gasteiger partial charge is 0.338 e. The Hall–Kier alpha value is -2.24. The van der Waals surface area contributed by atoms with Crippen LogP contribution in [0.2, 0.25) is 10.0 Å². The number of rotatable bonds is 2. The topological polar surface area (TPSA) is 67.4 Å². The van der Waals surface area contributed by atoms with Crippen molar-refractivity contribution < 1.29 is 14.3 Å². The second-order valence-corrected chi connectivity index (χ2v) is 5.43. The number of anilines is 2. The molecule has 0 aromatic heterocycles. The van der Waals surface area contributed by atoms with Crippen LogP contribution in [0.3, 0.4) is 0 Å². The van der Waals surface area contributed by atoms with Crippen LogP contribution in [0.4, 0.5) is 16.2 Å². The number of ether oxygens (including phenoxy) is 1. The molecular weight excluding hydrogens is 327 g/mol. The van der Waals surface area contributed by atoms with Crippen LogP contribution in [0, 0.1) is 0 Å². The van der Waals surface area contributed by atoms with Gasteiger partial charge >= 0.3 is 12.0 Å². The molecule has 3 rings (SSSR count). The highest BCUT2D eigenvalue weighted by Crippen LogP contribution is 2.28.